The van der Waals surface area contributed by atoms with Gasteiger partial charge in [0.2, 0.25) is 0 Å². The number of rotatable bonds is 4. The summed E-state index contributed by atoms with van der Waals surface area (Å²) in [6.45, 7) is 5.06. The van der Waals surface area contributed by atoms with E-state index in [1.807, 2.05) is 0 Å². The average Bonchev–Trinajstić information content (AvgIpc) is 3.48. The highest BCUT2D eigenvalue weighted by molar-refractivity contribution is 5.81. The van der Waals surface area contributed by atoms with Crippen molar-refractivity contribution < 1.29 is 0 Å². The summed E-state index contributed by atoms with van der Waals surface area (Å²) in [4.78, 5) is 7.39. The fourth-order valence-electron chi connectivity index (χ4n) is 7.38. The van der Waals surface area contributed by atoms with Crippen LogP contribution in [0, 0.1) is 17.3 Å². The third-order valence-corrected chi connectivity index (χ3v) is 9.81. The van der Waals surface area contributed by atoms with Gasteiger partial charge < -0.3 is 21.4 Å². The third-order valence-electron chi connectivity index (χ3n) is 9.81. The summed E-state index contributed by atoms with van der Waals surface area (Å²) >= 11 is 0. The number of fused-ring (bicyclic) bond motifs is 2. The number of hydrogen-bond donors (Lipinski definition) is 4. The summed E-state index contributed by atoms with van der Waals surface area (Å²) in [5, 5.41) is 2.58. The number of aromatic amines is 2. The molecular weight excluding hydrogens is 428 g/mol. The molecule has 0 spiro atoms. The van der Waals surface area contributed by atoms with Crippen LogP contribution in [-0.4, -0.2) is 22.1 Å². The van der Waals surface area contributed by atoms with Crippen LogP contribution in [0.2, 0.25) is 0 Å². The van der Waals surface area contributed by atoms with Crippen molar-refractivity contribution in [3.63, 3.8) is 0 Å². The molecule has 0 saturated heterocycles. The molecule has 2 saturated carbocycles. The van der Waals surface area contributed by atoms with Crippen molar-refractivity contribution in [3.8, 4) is 0 Å². The molecular formula is C31H40N4. The lowest BCUT2D eigenvalue weighted by Gasteiger charge is -2.49. The minimum atomic E-state index is 0.231. The molecule has 6 N–H and O–H groups in total. The fraction of sp³-hybridized carbons (Fsp3) is 0.484. The normalized spacial score (nSPS) is 30.2. The number of para-hydroxylation sites is 2. The maximum atomic E-state index is 6.73. The van der Waals surface area contributed by atoms with E-state index in [1.54, 1.807) is 0 Å². The molecule has 184 valence electrons. The maximum absolute atomic E-state index is 6.73. The Morgan fingerprint density at radius 2 is 1.09 bits per heavy atom. The van der Waals surface area contributed by atoms with Crippen LogP contribution in [0.25, 0.3) is 21.8 Å². The van der Waals surface area contributed by atoms with Gasteiger partial charge in [0.25, 0.3) is 0 Å². The monoisotopic (exact) mass is 468 g/mol. The second-order valence-corrected chi connectivity index (χ2v) is 12.0. The van der Waals surface area contributed by atoms with E-state index < -0.39 is 0 Å². The van der Waals surface area contributed by atoms with Crippen LogP contribution in [-0.2, 0) is 0 Å². The Morgan fingerprint density at radius 1 is 0.657 bits per heavy atom. The Hall–Kier alpha value is -2.56. The number of aromatic nitrogens is 2. The highest BCUT2D eigenvalue weighted by Crippen LogP contribution is 2.52. The van der Waals surface area contributed by atoms with Gasteiger partial charge in [-0.05, 0) is 90.8 Å². The molecule has 2 heterocycles. The molecule has 0 bridgehead atoms. The minimum absolute atomic E-state index is 0.231. The average molecular weight is 469 g/mol. The summed E-state index contributed by atoms with van der Waals surface area (Å²) in [6.07, 6.45) is 6.99. The van der Waals surface area contributed by atoms with Gasteiger partial charge in [0.05, 0.1) is 0 Å². The SMILES string of the molecule is CC(C)(C1CCC(N)C(c2cc3ccccc3[nH]2)C1)C1CCC(N)C(c2cc3ccccc3[nH]2)C1. The first-order valence-electron chi connectivity index (χ1n) is 13.6. The molecule has 6 atom stereocenters. The van der Waals surface area contributed by atoms with Gasteiger partial charge in [-0.3, -0.25) is 0 Å². The molecule has 4 aromatic rings. The summed E-state index contributed by atoms with van der Waals surface area (Å²) in [5.41, 5.74) is 18.8. The molecule has 4 nitrogen and oxygen atoms in total. The number of nitrogens with one attached hydrogen (secondary N) is 2. The molecule has 0 aliphatic heterocycles. The van der Waals surface area contributed by atoms with Crippen molar-refractivity contribution in [1.82, 2.24) is 9.97 Å². The molecule has 0 radical (unpaired) electrons. The van der Waals surface area contributed by atoms with E-state index in [9.17, 15) is 0 Å². The van der Waals surface area contributed by atoms with Crippen molar-refractivity contribution in [1.29, 1.82) is 0 Å². The molecule has 35 heavy (non-hydrogen) atoms. The van der Waals surface area contributed by atoms with E-state index in [0.717, 1.165) is 12.8 Å². The quantitative estimate of drug-likeness (QED) is 0.266. The zero-order valence-corrected chi connectivity index (χ0v) is 21.1. The zero-order valence-electron chi connectivity index (χ0n) is 21.1. The minimum Gasteiger partial charge on any atom is -0.358 e. The predicted octanol–water partition coefficient (Wildman–Crippen LogP) is 6.80. The van der Waals surface area contributed by atoms with Crippen molar-refractivity contribution >= 4 is 21.8 Å². The van der Waals surface area contributed by atoms with Crippen LogP contribution in [0.4, 0.5) is 0 Å². The summed E-state index contributed by atoms with van der Waals surface area (Å²) < 4.78 is 0. The molecule has 0 amide bonds. The summed E-state index contributed by atoms with van der Waals surface area (Å²) in [6, 6.07) is 22.3. The van der Waals surface area contributed by atoms with Crippen LogP contribution in [0.15, 0.2) is 60.7 Å². The van der Waals surface area contributed by atoms with Gasteiger partial charge in [0, 0.05) is 46.3 Å². The Balaban J connectivity index is 1.23. The van der Waals surface area contributed by atoms with Gasteiger partial charge in [-0.25, -0.2) is 0 Å². The van der Waals surface area contributed by atoms with E-state index in [0.29, 0.717) is 23.7 Å². The van der Waals surface area contributed by atoms with Crippen LogP contribution in [0.1, 0.15) is 75.6 Å². The van der Waals surface area contributed by atoms with Gasteiger partial charge in [-0.1, -0.05) is 50.2 Å². The molecule has 2 aromatic carbocycles. The molecule has 2 aliphatic rings. The first kappa shape index (κ1) is 22.9. The Bertz CT molecular complexity index is 1150. The molecule has 4 heteroatoms. The van der Waals surface area contributed by atoms with Crippen LogP contribution < -0.4 is 11.5 Å². The highest BCUT2D eigenvalue weighted by atomic mass is 14.8. The Kier molecular flexibility index (Phi) is 5.77. The van der Waals surface area contributed by atoms with Crippen molar-refractivity contribution in [3.05, 3.63) is 72.1 Å². The molecule has 6 unspecified atom stereocenters. The van der Waals surface area contributed by atoms with E-state index in [2.05, 4.69) is 84.5 Å². The van der Waals surface area contributed by atoms with Gasteiger partial charge in [-0.15, -0.1) is 0 Å². The largest absolute Gasteiger partial charge is 0.358 e. The highest BCUT2D eigenvalue weighted by Gasteiger charge is 2.45. The van der Waals surface area contributed by atoms with Crippen molar-refractivity contribution in [2.45, 2.75) is 76.3 Å². The maximum Gasteiger partial charge on any atom is 0.0456 e. The van der Waals surface area contributed by atoms with E-state index >= 15 is 0 Å². The number of H-pyrrole nitrogens is 2. The Labute approximate surface area is 208 Å². The van der Waals surface area contributed by atoms with E-state index in [-0.39, 0.29) is 17.5 Å². The third kappa shape index (κ3) is 4.11. The van der Waals surface area contributed by atoms with Gasteiger partial charge in [-0.2, -0.15) is 0 Å². The van der Waals surface area contributed by atoms with E-state index in [4.69, 9.17) is 11.5 Å². The van der Waals surface area contributed by atoms with Gasteiger partial charge >= 0.3 is 0 Å². The smallest absolute Gasteiger partial charge is 0.0456 e. The predicted molar refractivity (Wildman–Crippen MR) is 146 cm³/mol. The first-order valence-corrected chi connectivity index (χ1v) is 13.6. The van der Waals surface area contributed by atoms with E-state index in [1.165, 1.54) is 58.9 Å². The fourth-order valence-corrected chi connectivity index (χ4v) is 7.38. The number of benzene rings is 2. The van der Waals surface area contributed by atoms with Crippen molar-refractivity contribution in [2.24, 2.45) is 28.7 Å². The van der Waals surface area contributed by atoms with Crippen LogP contribution >= 0.6 is 0 Å². The molecule has 6 rings (SSSR count). The number of nitrogens with two attached hydrogens (primary N) is 2. The lowest BCUT2D eigenvalue weighted by atomic mass is 9.57. The second-order valence-electron chi connectivity index (χ2n) is 12.0. The topological polar surface area (TPSA) is 83.6 Å². The second kappa shape index (κ2) is 8.83. The van der Waals surface area contributed by atoms with Crippen LogP contribution in [0.3, 0.4) is 0 Å². The number of hydrogen-bond acceptors (Lipinski definition) is 2. The molecule has 2 aromatic heterocycles. The molecule has 2 fully saturated rings. The first-order chi connectivity index (χ1) is 16.9. The van der Waals surface area contributed by atoms with Crippen molar-refractivity contribution in [2.75, 3.05) is 0 Å². The van der Waals surface area contributed by atoms with Gasteiger partial charge in [0.15, 0.2) is 0 Å². The lowest BCUT2D eigenvalue weighted by Crippen LogP contribution is -2.45. The summed E-state index contributed by atoms with van der Waals surface area (Å²) in [5.74, 6) is 2.13. The van der Waals surface area contributed by atoms with Gasteiger partial charge in [0.1, 0.15) is 0 Å². The standard InChI is InChI=1S/C31H40N4/c1-31(2,21-11-13-25(32)23(17-21)29-15-19-7-3-5-9-27(19)34-29)22-12-14-26(33)24(18-22)30-16-20-8-4-6-10-28(20)35-30/h3-10,15-16,21-26,34-35H,11-14,17-18,32-33H2,1-2H3. The lowest BCUT2D eigenvalue weighted by molar-refractivity contribution is 0.0396. The molecule has 2 aliphatic carbocycles. The summed E-state index contributed by atoms with van der Waals surface area (Å²) in [7, 11) is 0. The Morgan fingerprint density at radius 3 is 1.51 bits per heavy atom. The zero-order chi connectivity index (χ0) is 24.2. The van der Waals surface area contributed by atoms with Crippen LogP contribution in [0.5, 0.6) is 0 Å².